The molecule has 0 aliphatic rings. The van der Waals surface area contributed by atoms with Gasteiger partial charge in [0.1, 0.15) is 5.56 Å². The highest BCUT2D eigenvalue weighted by atomic mass is 127. The molecule has 128 valence electrons. The Balaban J connectivity index is 2.87. The minimum Gasteiger partial charge on any atom is -0.463 e. The maximum atomic E-state index is 12.1. The van der Waals surface area contributed by atoms with Gasteiger partial charge in [0.25, 0.3) is 0 Å². The summed E-state index contributed by atoms with van der Waals surface area (Å²) in [6.07, 6.45) is 0. The van der Waals surface area contributed by atoms with Gasteiger partial charge in [-0.05, 0) is 26.0 Å². The lowest BCUT2D eigenvalue weighted by molar-refractivity contribution is -0.527. The van der Waals surface area contributed by atoms with Crippen molar-refractivity contribution >= 4 is 21.6 Å². The fourth-order valence-electron chi connectivity index (χ4n) is 1.50. The van der Waals surface area contributed by atoms with Crippen molar-refractivity contribution < 1.29 is 54.6 Å². The maximum Gasteiger partial charge on any atom is 0.603 e. The highest BCUT2D eigenvalue weighted by molar-refractivity contribution is 6.28. The number of rotatable bonds is 8. The van der Waals surface area contributed by atoms with E-state index in [0.717, 1.165) is 0 Å². The fraction of sp³-hybridized carbons (Fsp3) is 0.333. The number of carbonyl (C=O) groups is 3. The Morgan fingerprint density at radius 1 is 1.08 bits per heavy atom. The monoisotopic (exact) mass is 447 g/mol. The van der Waals surface area contributed by atoms with Crippen molar-refractivity contribution in [2.75, 3.05) is 19.8 Å². The molecular formula is C15H16IN2O6+. The van der Waals surface area contributed by atoms with Gasteiger partial charge in [-0.25, -0.2) is 14.4 Å². The van der Waals surface area contributed by atoms with Crippen LogP contribution in [-0.4, -0.2) is 46.2 Å². The van der Waals surface area contributed by atoms with Crippen LogP contribution in [0.15, 0.2) is 24.3 Å². The average molecular weight is 447 g/mol. The molecule has 0 spiro atoms. The van der Waals surface area contributed by atoms with Crippen LogP contribution in [0, 0.1) is 3.57 Å². The molecule has 0 aromatic heterocycles. The molecule has 0 saturated carbocycles. The minimum absolute atomic E-state index is 0.138. The zero-order valence-electron chi connectivity index (χ0n) is 13.2. The average Bonchev–Trinajstić information content (AvgIpc) is 2.58. The summed E-state index contributed by atoms with van der Waals surface area (Å²) in [5.74, 6) is -2.11. The summed E-state index contributed by atoms with van der Waals surface area (Å²) in [6, 6.07) is 6.42. The van der Waals surface area contributed by atoms with E-state index in [0.29, 0.717) is 3.57 Å². The lowest BCUT2D eigenvalue weighted by atomic mass is 10.2. The van der Waals surface area contributed by atoms with Crippen LogP contribution >= 0.6 is 0 Å². The van der Waals surface area contributed by atoms with Crippen molar-refractivity contribution in [3.05, 3.63) is 38.9 Å². The van der Waals surface area contributed by atoms with Crippen molar-refractivity contribution in [1.29, 1.82) is 0 Å². The maximum absolute atomic E-state index is 12.1. The normalized spacial score (nSPS) is 9.58. The van der Waals surface area contributed by atoms with Gasteiger partial charge in [-0.3, -0.25) is 0 Å². The van der Waals surface area contributed by atoms with Crippen LogP contribution in [0.5, 0.6) is 0 Å². The molecule has 0 unspecified atom stereocenters. The largest absolute Gasteiger partial charge is 0.603 e. The number of carbonyl (C=O) groups excluding carboxylic acids is 3. The van der Waals surface area contributed by atoms with E-state index in [1.807, 2.05) is 0 Å². The molecule has 8 nitrogen and oxygen atoms in total. The summed E-state index contributed by atoms with van der Waals surface area (Å²) in [5.41, 5.74) is 9.18. The molecule has 24 heavy (non-hydrogen) atoms. The Morgan fingerprint density at radius 3 is 2.38 bits per heavy atom. The van der Waals surface area contributed by atoms with E-state index in [2.05, 4.69) is 9.53 Å². The number of nitrogens with zero attached hydrogens (tertiary/aromatic N) is 2. The van der Waals surface area contributed by atoms with Gasteiger partial charge in [-0.15, -0.1) is 4.79 Å². The number of hydrogen-bond donors (Lipinski definition) is 0. The predicted octanol–water partition coefficient (Wildman–Crippen LogP) is -2.14. The molecule has 0 fully saturated rings. The summed E-state index contributed by atoms with van der Waals surface area (Å²) in [7, 11) is 0. The molecular weight excluding hydrogens is 431 g/mol. The summed E-state index contributed by atoms with van der Waals surface area (Å²) >= 11 is -1.27. The van der Waals surface area contributed by atoms with Gasteiger partial charge >= 0.3 is 42.8 Å². The van der Waals surface area contributed by atoms with Gasteiger partial charge in [-0.2, -0.15) is 0 Å². The number of hydrogen-bond acceptors (Lipinski definition) is 6. The highest BCUT2D eigenvalue weighted by Crippen LogP contribution is 2.01. The van der Waals surface area contributed by atoms with Gasteiger partial charge in [0.05, 0.1) is 13.2 Å². The molecule has 0 heterocycles. The second kappa shape index (κ2) is 10.5. The van der Waals surface area contributed by atoms with Crippen molar-refractivity contribution in [3.63, 3.8) is 0 Å². The first-order valence-electron chi connectivity index (χ1n) is 6.99. The number of ether oxygens (including phenoxy) is 3. The number of benzene rings is 1. The van der Waals surface area contributed by atoms with Crippen LogP contribution in [0.25, 0.3) is 5.53 Å². The lowest BCUT2D eigenvalue weighted by Gasteiger charge is -2.04. The van der Waals surface area contributed by atoms with Crippen LogP contribution in [0.4, 0.5) is 0 Å². The zero-order chi connectivity index (χ0) is 17.9. The molecule has 0 aliphatic carbocycles. The summed E-state index contributed by atoms with van der Waals surface area (Å²) in [4.78, 5) is 38.0. The number of halogens is 1. The molecule has 0 bridgehead atoms. The van der Waals surface area contributed by atoms with Crippen molar-refractivity contribution in [2.24, 2.45) is 0 Å². The standard InChI is InChI=1S/C15H16IN2O6/c1-3-22-12(19)9-24-14(20)10-7-5-6-8-11(10)16-13(18-17)15(21)23-4-2/h5-8H,3-4,9H2,1-2H3/q+1. The van der Waals surface area contributed by atoms with Gasteiger partial charge in [0.15, 0.2) is 6.61 Å². The third kappa shape index (κ3) is 6.09. The van der Waals surface area contributed by atoms with Crippen molar-refractivity contribution in [2.45, 2.75) is 13.8 Å². The molecule has 0 N–H and O–H groups in total. The molecule has 1 aromatic carbocycles. The Bertz CT molecular complexity index is 670. The Kier molecular flexibility index (Phi) is 8.66. The first kappa shape index (κ1) is 19.8. The molecule has 0 radical (unpaired) electrons. The Morgan fingerprint density at radius 2 is 1.75 bits per heavy atom. The van der Waals surface area contributed by atoms with Crippen LogP contribution in [0.3, 0.4) is 0 Å². The van der Waals surface area contributed by atoms with E-state index in [9.17, 15) is 14.4 Å². The van der Waals surface area contributed by atoms with E-state index in [1.54, 1.807) is 32.0 Å². The predicted molar refractivity (Wildman–Crippen MR) is 77.3 cm³/mol. The van der Waals surface area contributed by atoms with Crippen LogP contribution in [0.1, 0.15) is 24.2 Å². The summed E-state index contributed by atoms with van der Waals surface area (Å²) in [5, 5.41) is 0. The quantitative estimate of drug-likeness (QED) is 0.112. The van der Waals surface area contributed by atoms with E-state index >= 15 is 0 Å². The van der Waals surface area contributed by atoms with E-state index in [1.165, 1.54) is 6.07 Å². The Hall–Kier alpha value is -2.26. The third-order valence-corrected chi connectivity index (χ3v) is 5.13. The number of esters is 3. The molecule has 0 amide bonds. The van der Waals surface area contributed by atoms with Crippen molar-refractivity contribution in [3.8, 4) is 0 Å². The molecule has 0 atom stereocenters. The molecule has 0 saturated heterocycles. The van der Waals surface area contributed by atoms with Gasteiger partial charge in [0, 0.05) is 0 Å². The van der Waals surface area contributed by atoms with E-state index < -0.39 is 45.7 Å². The lowest BCUT2D eigenvalue weighted by Crippen LogP contribution is -3.65. The van der Waals surface area contributed by atoms with Crippen LogP contribution in [-0.2, 0) is 23.8 Å². The van der Waals surface area contributed by atoms with Crippen molar-refractivity contribution in [1.82, 2.24) is 0 Å². The minimum atomic E-state index is -1.27. The zero-order valence-corrected chi connectivity index (χ0v) is 15.3. The van der Waals surface area contributed by atoms with Crippen LogP contribution < -0.4 is 21.2 Å². The van der Waals surface area contributed by atoms with Gasteiger partial charge in [-0.1, -0.05) is 12.1 Å². The fourth-order valence-corrected chi connectivity index (χ4v) is 3.61. The second-order valence-corrected chi connectivity index (χ2v) is 6.79. The molecule has 1 rings (SSSR count). The molecule has 1 aromatic rings. The highest BCUT2D eigenvalue weighted by Gasteiger charge is 2.42. The molecule has 0 aliphatic heterocycles. The topological polar surface area (TPSA) is 115 Å². The summed E-state index contributed by atoms with van der Waals surface area (Å²) < 4.78 is 14.7. The SMILES string of the molecule is CCOC(=O)COC(=O)c1ccccc1[I+]C(=[N+]=[N-])C(=O)OCC. The summed E-state index contributed by atoms with van der Waals surface area (Å²) in [6.45, 7) is 3.10. The van der Waals surface area contributed by atoms with E-state index in [4.69, 9.17) is 15.0 Å². The first-order valence-corrected chi connectivity index (χ1v) is 9.14. The van der Waals surface area contributed by atoms with E-state index in [-0.39, 0.29) is 22.5 Å². The second-order valence-electron chi connectivity index (χ2n) is 4.07. The van der Waals surface area contributed by atoms with Gasteiger partial charge in [0.2, 0.25) is 3.57 Å². The van der Waals surface area contributed by atoms with Crippen LogP contribution in [0.2, 0.25) is 0 Å². The van der Waals surface area contributed by atoms with Gasteiger partial charge < -0.3 is 19.7 Å². The first-order chi connectivity index (χ1) is 11.5. The Labute approximate surface area is 149 Å². The molecule has 9 heteroatoms. The smallest absolute Gasteiger partial charge is 0.463 e. The third-order valence-electron chi connectivity index (χ3n) is 2.44.